The summed E-state index contributed by atoms with van der Waals surface area (Å²) in [5.41, 5.74) is 0. The monoisotopic (exact) mass is 616 g/mol. The third kappa shape index (κ3) is 2.46. The Kier molecular flexibility index (Phi) is 4.19. The van der Waals surface area contributed by atoms with Crippen LogP contribution in [0.3, 0.4) is 0 Å². The van der Waals surface area contributed by atoms with Crippen LogP contribution in [0.2, 0.25) is 0 Å². The van der Waals surface area contributed by atoms with Gasteiger partial charge in [-0.05, 0) is 103 Å². The van der Waals surface area contributed by atoms with Gasteiger partial charge in [-0.25, -0.2) is 0 Å². The molecular weight excluding hydrogens is 612 g/mol. The van der Waals surface area contributed by atoms with Crippen molar-refractivity contribution in [1.29, 1.82) is 0 Å². The molecule has 0 aromatic carbocycles. The van der Waals surface area contributed by atoms with Crippen molar-refractivity contribution < 1.29 is 10.2 Å². The van der Waals surface area contributed by atoms with E-state index in [0.717, 1.165) is 7.16 Å². The van der Waals surface area contributed by atoms with Gasteiger partial charge in [-0.3, -0.25) is 0 Å². The topological polar surface area (TPSA) is 40.5 Å². The lowest BCUT2D eigenvalue weighted by Crippen LogP contribution is -2.29. The summed E-state index contributed by atoms with van der Waals surface area (Å²) in [4.78, 5) is 0. The molecule has 2 atom stereocenters. The van der Waals surface area contributed by atoms with Gasteiger partial charge >= 0.3 is 0 Å². The first kappa shape index (κ1) is 12.4. The molecule has 0 saturated carbocycles. The minimum absolute atomic E-state index is 0.765. The zero-order valence-corrected chi connectivity index (χ0v) is 14.2. The van der Waals surface area contributed by atoms with E-state index >= 15 is 0 Å². The highest BCUT2D eigenvalue weighted by molar-refractivity contribution is 14.1. The van der Waals surface area contributed by atoms with Crippen LogP contribution in [0.25, 0.3) is 0 Å². The van der Waals surface area contributed by atoms with E-state index in [4.69, 9.17) is 0 Å². The molecule has 68 valence electrons. The first-order valence-electron chi connectivity index (χ1n) is 2.86. The Morgan fingerprint density at radius 1 is 0.917 bits per heavy atom. The average Bonchev–Trinajstić information content (AvgIpc) is 1.96. The number of rotatable bonds is 0. The van der Waals surface area contributed by atoms with E-state index in [9.17, 15) is 10.2 Å². The maximum Gasteiger partial charge on any atom is 0.166 e. The van der Waals surface area contributed by atoms with Crippen LogP contribution in [-0.2, 0) is 0 Å². The number of alkyl halides is 2. The summed E-state index contributed by atoms with van der Waals surface area (Å²) in [5, 5.41) is 19.5. The minimum atomic E-state index is -0.952. The van der Waals surface area contributed by atoms with E-state index in [1.54, 1.807) is 12.2 Å². The fourth-order valence-corrected chi connectivity index (χ4v) is 3.79. The number of hydrogen-bond donors (Lipinski definition) is 2. The Balaban J connectivity index is 3.18. The summed E-state index contributed by atoms with van der Waals surface area (Å²) in [7, 11) is 0. The number of hydrogen-bond acceptors (Lipinski definition) is 2. The van der Waals surface area contributed by atoms with Crippen molar-refractivity contribution in [3.05, 3.63) is 19.3 Å². The van der Waals surface area contributed by atoms with Gasteiger partial charge in [0.2, 0.25) is 0 Å². The molecule has 2 nitrogen and oxygen atoms in total. The maximum atomic E-state index is 9.76. The molecule has 0 fully saturated rings. The van der Waals surface area contributed by atoms with Crippen LogP contribution in [0.15, 0.2) is 19.3 Å². The lowest BCUT2D eigenvalue weighted by atomic mass is 10.1. The van der Waals surface area contributed by atoms with Gasteiger partial charge in [0.05, 0.1) is 0 Å². The molecule has 1 aliphatic carbocycles. The highest BCUT2D eigenvalue weighted by Gasteiger charge is 2.38. The average molecular weight is 616 g/mol. The van der Waals surface area contributed by atoms with Crippen LogP contribution < -0.4 is 0 Å². The van der Waals surface area contributed by atoms with Gasteiger partial charge < -0.3 is 10.2 Å². The van der Waals surface area contributed by atoms with Gasteiger partial charge in [0.25, 0.3) is 0 Å². The summed E-state index contributed by atoms with van der Waals surface area (Å²) < 4.78 is -0.375. The normalized spacial score (nSPS) is 42.2. The molecule has 2 N–H and O–H groups in total. The summed E-state index contributed by atoms with van der Waals surface area (Å²) in [6, 6.07) is 0. The minimum Gasteiger partial charge on any atom is -0.371 e. The second kappa shape index (κ2) is 4.06. The zero-order chi connectivity index (χ0) is 9.57. The predicted octanol–water partition coefficient (Wildman–Crippen LogP) is 2.89. The molecule has 0 amide bonds. The van der Waals surface area contributed by atoms with Crippen molar-refractivity contribution in [1.82, 2.24) is 0 Å². The SMILES string of the molecule is OC1(I)C=CC(O)(I)C(I)=C1I. The van der Waals surface area contributed by atoms with E-state index in [1.165, 1.54) is 0 Å². The van der Waals surface area contributed by atoms with Gasteiger partial charge in [0.1, 0.15) is 0 Å². The van der Waals surface area contributed by atoms with E-state index in [1.807, 2.05) is 90.4 Å². The van der Waals surface area contributed by atoms with Crippen molar-refractivity contribution in [3.63, 3.8) is 0 Å². The van der Waals surface area contributed by atoms with Crippen LogP contribution in [0.5, 0.6) is 0 Å². The summed E-state index contributed by atoms with van der Waals surface area (Å²) in [6.45, 7) is 0. The third-order valence-electron chi connectivity index (χ3n) is 1.33. The van der Waals surface area contributed by atoms with Crippen molar-refractivity contribution in [2.24, 2.45) is 0 Å². The Morgan fingerprint density at radius 2 is 1.17 bits per heavy atom. The molecule has 1 rings (SSSR count). The molecule has 12 heavy (non-hydrogen) atoms. The van der Waals surface area contributed by atoms with Gasteiger partial charge in [-0.2, -0.15) is 0 Å². The molecule has 0 saturated heterocycles. The lowest BCUT2D eigenvalue weighted by molar-refractivity contribution is 0.220. The summed E-state index contributed by atoms with van der Waals surface area (Å²) in [5.74, 6) is 0. The van der Waals surface area contributed by atoms with Gasteiger partial charge in [-0.1, -0.05) is 0 Å². The summed E-state index contributed by atoms with van der Waals surface area (Å²) in [6.07, 6.45) is 3.20. The molecule has 0 radical (unpaired) electrons. The van der Waals surface area contributed by atoms with Gasteiger partial charge in [0.15, 0.2) is 7.22 Å². The van der Waals surface area contributed by atoms with Crippen LogP contribution in [0, 0.1) is 0 Å². The first-order chi connectivity index (χ1) is 5.27. The fourth-order valence-electron chi connectivity index (χ4n) is 0.675. The van der Waals surface area contributed by atoms with E-state index < -0.39 is 7.22 Å². The van der Waals surface area contributed by atoms with Crippen molar-refractivity contribution in [2.45, 2.75) is 7.22 Å². The molecule has 0 heterocycles. The zero-order valence-electron chi connectivity index (χ0n) is 5.56. The van der Waals surface area contributed by atoms with Crippen LogP contribution in [-0.4, -0.2) is 17.4 Å². The molecule has 6 heteroatoms. The van der Waals surface area contributed by atoms with Crippen molar-refractivity contribution in [3.8, 4) is 0 Å². The first-order valence-corrected chi connectivity index (χ1v) is 7.18. The molecule has 0 aliphatic heterocycles. The van der Waals surface area contributed by atoms with Gasteiger partial charge in [0, 0.05) is 7.16 Å². The Hall–Kier alpha value is 2.32. The standard InChI is InChI=1S/C6H4I4O2/c7-3-4(8)6(10,12)2-1-5(3,9)11/h1-2,11-12H. The second-order valence-corrected chi connectivity index (χ2v) is 7.75. The molecule has 0 aromatic rings. The summed E-state index contributed by atoms with van der Waals surface area (Å²) >= 11 is 7.96. The quantitative estimate of drug-likeness (QED) is 0.250. The Bertz CT molecular complexity index is 241. The Labute approximate surface area is 125 Å². The third-order valence-corrected chi connectivity index (χ3v) is 8.95. The molecule has 0 spiro atoms. The van der Waals surface area contributed by atoms with Crippen LogP contribution in [0.1, 0.15) is 0 Å². The largest absolute Gasteiger partial charge is 0.371 e. The Morgan fingerprint density at radius 3 is 1.42 bits per heavy atom. The van der Waals surface area contributed by atoms with Crippen molar-refractivity contribution in [2.75, 3.05) is 0 Å². The molecule has 0 aromatic heterocycles. The predicted molar refractivity (Wildman–Crippen MR) is 82.1 cm³/mol. The van der Waals surface area contributed by atoms with E-state index in [0.29, 0.717) is 0 Å². The van der Waals surface area contributed by atoms with E-state index in [-0.39, 0.29) is 0 Å². The number of aliphatic hydroxyl groups is 2. The highest BCUT2D eigenvalue weighted by atomic mass is 127. The lowest BCUT2D eigenvalue weighted by Gasteiger charge is -2.29. The van der Waals surface area contributed by atoms with Crippen LogP contribution >= 0.6 is 90.4 Å². The maximum absolute atomic E-state index is 9.76. The van der Waals surface area contributed by atoms with Crippen molar-refractivity contribution >= 4 is 90.4 Å². The smallest absolute Gasteiger partial charge is 0.166 e. The highest BCUT2D eigenvalue weighted by Crippen LogP contribution is 2.47. The fraction of sp³-hybridized carbons (Fsp3) is 0.333. The molecule has 1 aliphatic rings. The van der Waals surface area contributed by atoms with Crippen LogP contribution in [0.4, 0.5) is 0 Å². The molecule has 0 bridgehead atoms. The molecule has 2 unspecified atom stereocenters. The number of halogens is 4. The second-order valence-electron chi connectivity index (χ2n) is 2.31. The molecular formula is C6H4I4O2. The van der Waals surface area contributed by atoms with E-state index in [2.05, 4.69) is 0 Å². The van der Waals surface area contributed by atoms with Gasteiger partial charge in [-0.15, -0.1) is 0 Å².